The van der Waals surface area contributed by atoms with Gasteiger partial charge in [-0.15, -0.1) is 11.3 Å². The molecular formula is C6H6F2OS. The Morgan fingerprint density at radius 2 is 2.40 bits per heavy atom. The molecule has 0 radical (unpaired) electrons. The number of aliphatic hydroxyl groups is 1. The van der Waals surface area contributed by atoms with Gasteiger partial charge < -0.3 is 5.11 Å². The van der Waals surface area contributed by atoms with Gasteiger partial charge in [0, 0.05) is 4.88 Å². The Balaban J connectivity index is 2.90. The highest BCUT2D eigenvalue weighted by Crippen LogP contribution is 2.23. The van der Waals surface area contributed by atoms with Gasteiger partial charge in [-0.2, -0.15) is 0 Å². The van der Waals surface area contributed by atoms with Gasteiger partial charge in [0.05, 0.1) is 1.37 Å². The van der Waals surface area contributed by atoms with Crippen molar-refractivity contribution in [2.75, 3.05) is 0 Å². The van der Waals surface area contributed by atoms with Gasteiger partial charge >= 0.3 is 0 Å². The Kier molecular flexibility index (Phi) is 1.92. The standard InChI is InChI=1S/C6H6F2OS/c7-6(8)5(9)4-2-1-3-10-4/h1-3,5-6,9H/i5D. The molecule has 0 aliphatic rings. The largest absolute Gasteiger partial charge is 0.382 e. The van der Waals surface area contributed by atoms with Crippen LogP contribution >= 0.6 is 11.3 Å². The second-order valence-corrected chi connectivity index (χ2v) is 2.61. The lowest BCUT2D eigenvalue weighted by Crippen LogP contribution is -2.05. The van der Waals surface area contributed by atoms with Gasteiger partial charge in [-0.1, -0.05) is 6.07 Å². The lowest BCUT2D eigenvalue weighted by molar-refractivity contribution is -0.00369. The van der Waals surface area contributed by atoms with Crippen LogP contribution in [0.5, 0.6) is 0 Å². The van der Waals surface area contributed by atoms with Crippen LogP contribution in [0.25, 0.3) is 0 Å². The Morgan fingerprint density at radius 3 is 2.80 bits per heavy atom. The van der Waals surface area contributed by atoms with E-state index < -0.39 is 12.5 Å². The SMILES string of the molecule is [2H]C(O)(c1cccs1)C(F)F. The summed E-state index contributed by atoms with van der Waals surface area (Å²) in [7, 11) is 0. The van der Waals surface area contributed by atoms with Crippen molar-refractivity contribution in [2.45, 2.75) is 12.5 Å². The molecule has 4 heteroatoms. The summed E-state index contributed by atoms with van der Waals surface area (Å²) in [5.74, 6) is 0. The maximum atomic E-state index is 11.9. The Morgan fingerprint density at radius 1 is 1.70 bits per heavy atom. The third kappa shape index (κ3) is 1.52. The highest BCUT2D eigenvalue weighted by atomic mass is 32.1. The van der Waals surface area contributed by atoms with Crippen molar-refractivity contribution in [1.82, 2.24) is 0 Å². The number of alkyl halides is 2. The van der Waals surface area contributed by atoms with Gasteiger partial charge in [0.15, 0.2) is 0 Å². The van der Waals surface area contributed by atoms with Crippen molar-refractivity contribution in [2.24, 2.45) is 0 Å². The molecule has 0 amide bonds. The summed E-state index contributed by atoms with van der Waals surface area (Å²) in [6, 6.07) is 2.83. The molecule has 0 bridgehead atoms. The summed E-state index contributed by atoms with van der Waals surface area (Å²) in [6.45, 7) is 0. The van der Waals surface area contributed by atoms with E-state index in [2.05, 4.69) is 0 Å². The van der Waals surface area contributed by atoms with Crippen molar-refractivity contribution in [3.8, 4) is 0 Å². The van der Waals surface area contributed by atoms with Crippen LogP contribution in [0.2, 0.25) is 0 Å². The number of thiophene rings is 1. The van der Waals surface area contributed by atoms with Crippen LogP contribution in [0.3, 0.4) is 0 Å². The van der Waals surface area contributed by atoms with E-state index in [0.29, 0.717) is 0 Å². The van der Waals surface area contributed by atoms with Crippen LogP contribution in [0, 0.1) is 0 Å². The van der Waals surface area contributed by atoms with E-state index in [1.807, 2.05) is 0 Å². The van der Waals surface area contributed by atoms with Crippen molar-refractivity contribution in [1.29, 1.82) is 0 Å². The van der Waals surface area contributed by atoms with E-state index >= 15 is 0 Å². The van der Waals surface area contributed by atoms with Gasteiger partial charge in [0.2, 0.25) is 0 Å². The molecule has 0 aliphatic carbocycles. The molecule has 0 fully saturated rings. The fourth-order valence-corrected chi connectivity index (χ4v) is 1.20. The quantitative estimate of drug-likeness (QED) is 0.711. The van der Waals surface area contributed by atoms with Crippen LogP contribution in [0.15, 0.2) is 17.5 Å². The second kappa shape index (κ2) is 3.07. The first kappa shape index (κ1) is 6.24. The van der Waals surface area contributed by atoms with Gasteiger partial charge in [-0.3, -0.25) is 0 Å². The Bertz CT molecular complexity index is 222. The monoisotopic (exact) mass is 165 g/mol. The van der Waals surface area contributed by atoms with E-state index in [1.165, 1.54) is 17.5 Å². The van der Waals surface area contributed by atoms with E-state index in [0.717, 1.165) is 11.3 Å². The summed E-state index contributed by atoms with van der Waals surface area (Å²) in [5.41, 5.74) is 0. The number of hydrogen-bond donors (Lipinski definition) is 1. The summed E-state index contributed by atoms with van der Waals surface area (Å²) in [4.78, 5) is -0.0347. The normalized spacial score (nSPS) is 18.6. The molecule has 1 aromatic rings. The summed E-state index contributed by atoms with van der Waals surface area (Å²) < 4.78 is 30.7. The molecule has 1 rings (SSSR count). The van der Waals surface area contributed by atoms with Gasteiger partial charge in [-0.25, -0.2) is 8.78 Å². The highest BCUT2D eigenvalue weighted by Gasteiger charge is 2.19. The first-order valence-electron chi connectivity index (χ1n) is 3.09. The molecule has 10 heavy (non-hydrogen) atoms. The van der Waals surface area contributed by atoms with Crippen molar-refractivity contribution in [3.05, 3.63) is 22.4 Å². The van der Waals surface area contributed by atoms with Gasteiger partial charge in [-0.05, 0) is 11.4 Å². The maximum absolute atomic E-state index is 11.9. The van der Waals surface area contributed by atoms with Gasteiger partial charge in [0.25, 0.3) is 6.43 Å². The predicted octanol–water partition coefficient (Wildman–Crippen LogP) is 2.05. The number of hydrogen-bond acceptors (Lipinski definition) is 2. The van der Waals surface area contributed by atoms with E-state index in [9.17, 15) is 8.78 Å². The molecule has 0 saturated heterocycles. The maximum Gasteiger partial charge on any atom is 0.268 e. The molecule has 1 N–H and O–H groups in total. The van der Waals surface area contributed by atoms with E-state index in [1.54, 1.807) is 0 Å². The minimum atomic E-state index is -3.07. The van der Waals surface area contributed by atoms with Crippen molar-refractivity contribution < 1.29 is 15.3 Å². The van der Waals surface area contributed by atoms with Crippen LogP contribution in [0.1, 0.15) is 12.3 Å². The molecule has 56 valence electrons. The van der Waals surface area contributed by atoms with Crippen molar-refractivity contribution >= 4 is 11.3 Å². The lowest BCUT2D eigenvalue weighted by Gasteiger charge is -2.04. The van der Waals surface area contributed by atoms with E-state index in [4.69, 9.17) is 6.48 Å². The Labute approximate surface area is 62.3 Å². The van der Waals surface area contributed by atoms with Crippen LogP contribution in [-0.4, -0.2) is 11.5 Å². The van der Waals surface area contributed by atoms with Crippen molar-refractivity contribution in [3.63, 3.8) is 0 Å². The molecule has 1 heterocycles. The zero-order valence-corrected chi connectivity index (χ0v) is 5.74. The van der Waals surface area contributed by atoms with Gasteiger partial charge in [0.1, 0.15) is 6.08 Å². The summed E-state index contributed by atoms with van der Waals surface area (Å²) >= 11 is 0.941. The molecule has 0 aromatic carbocycles. The first-order valence-corrected chi connectivity index (χ1v) is 3.47. The third-order valence-electron chi connectivity index (χ3n) is 0.980. The second-order valence-electron chi connectivity index (χ2n) is 1.66. The molecule has 0 saturated carbocycles. The molecule has 1 unspecified atom stereocenters. The number of rotatable bonds is 2. The zero-order chi connectivity index (χ0) is 8.48. The molecule has 1 atom stereocenters. The Hall–Kier alpha value is -0.480. The molecule has 0 spiro atoms. The predicted molar refractivity (Wildman–Crippen MR) is 35.3 cm³/mol. The average molecular weight is 165 g/mol. The smallest absolute Gasteiger partial charge is 0.268 e. The molecular weight excluding hydrogens is 158 g/mol. The van der Waals surface area contributed by atoms with Crippen LogP contribution in [-0.2, 0) is 0 Å². The minimum absolute atomic E-state index is 0.0347. The van der Waals surface area contributed by atoms with Crippen LogP contribution < -0.4 is 0 Å². The topological polar surface area (TPSA) is 20.2 Å². The molecule has 1 nitrogen and oxygen atoms in total. The van der Waals surface area contributed by atoms with Crippen LogP contribution in [0.4, 0.5) is 8.78 Å². The first-order chi connectivity index (χ1) is 5.05. The van der Waals surface area contributed by atoms with E-state index in [-0.39, 0.29) is 4.88 Å². The average Bonchev–Trinajstić information content (AvgIpc) is 2.37. The molecule has 0 aliphatic heterocycles. The summed E-state index contributed by atoms with van der Waals surface area (Å²) in [5, 5.41) is 10.4. The fraction of sp³-hybridized carbons (Fsp3) is 0.333. The summed E-state index contributed by atoms with van der Waals surface area (Å²) in [6.07, 6.45) is -5.81. The minimum Gasteiger partial charge on any atom is -0.382 e. The fourth-order valence-electron chi connectivity index (χ4n) is 0.532. The third-order valence-corrected chi connectivity index (χ3v) is 1.87. The number of halogens is 2. The highest BCUT2D eigenvalue weighted by molar-refractivity contribution is 7.10. The molecule has 1 aromatic heterocycles. The zero-order valence-electron chi connectivity index (χ0n) is 5.92. The lowest BCUT2D eigenvalue weighted by atomic mass is 10.3.